The third-order valence-electron chi connectivity index (χ3n) is 4.90. The zero-order chi connectivity index (χ0) is 25.3. The van der Waals surface area contributed by atoms with Crippen LogP contribution in [0.25, 0.3) is 6.08 Å². The van der Waals surface area contributed by atoms with Crippen molar-refractivity contribution < 1.29 is 14.3 Å². The molecule has 178 valence electrons. The average Bonchev–Trinajstić information content (AvgIpc) is 2.80. The summed E-state index contributed by atoms with van der Waals surface area (Å²) < 4.78 is 7.41. The van der Waals surface area contributed by atoms with Crippen LogP contribution in [0.1, 0.15) is 11.1 Å². The number of halogens is 5. The van der Waals surface area contributed by atoms with Gasteiger partial charge in [0.25, 0.3) is 11.8 Å². The van der Waals surface area contributed by atoms with Crippen molar-refractivity contribution in [2.24, 2.45) is 0 Å². The number of nitrogens with zero attached hydrogens (tertiary/aromatic N) is 1. The fourth-order valence-corrected chi connectivity index (χ4v) is 5.15. The van der Waals surface area contributed by atoms with Gasteiger partial charge in [0.05, 0.1) is 25.2 Å². The molecule has 1 N–H and O–H groups in total. The molecule has 1 aliphatic rings. The molecule has 1 heterocycles. The molecule has 11 heteroatoms. The van der Waals surface area contributed by atoms with Gasteiger partial charge < -0.3 is 4.74 Å². The zero-order valence-electron chi connectivity index (χ0n) is 17.5. The molecular weight excluding hydrogens is 663 g/mol. The van der Waals surface area contributed by atoms with Crippen LogP contribution in [-0.2, 0) is 16.2 Å². The Bertz CT molecular complexity index is 1370. The first kappa shape index (κ1) is 26.1. The van der Waals surface area contributed by atoms with Crippen molar-refractivity contribution in [2.45, 2.75) is 6.61 Å². The van der Waals surface area contributed by atoms with E-state index in [1.807, 2.05) is 24.3 Å². The number of carbonyl (C=O) groups is 2. The third kappa shape index (κ3) is 5.74. The van der Waals surface area contributed by atoms with Crippen molar-refractivity contribution in [1.82, 2.24) is 5.32 Å². The average molecular weight is 676 g/mol. The molecule has 0 unspecified atom stereocenters. The van der Waals surface area contributed by atoms with Crippen LogP contribution in [0.15, 0.2) is 69.1 Å². The molecule has 3 aromatic rings. The van der Waals surface area contributed by atoms with Crippen LogP contribution in [0.3, 0.4) is 0 Å². The number of hydrogen-bond acceptors (Lipinski definition) is 4. The number of rotatable bonds is 5. The Hall–Kier alpha value is -1.94. The second-order valence-electron chi connectivity index (χ2n) is 7.26. The van der Waals surface area contributed by atoms with E-state index in [4.69, 9.17) is 51.8 Å². The Morgan fingerprint density at radius 2 is 1.71 bits per heavy atom. The molecular formula is C24H13Br2Cl3N2O3S. The predicted molar refractivity (Wildman–Crippen MR) is 150 cm³/mol. The standard InChI is InChI=1S/C24H13Br2Cl3N2O3S/c25-14-6-4-12(5-7-14)11-34-21-16(26)9-13(10-18(21)28)8-15-22(32)30-24(35)31(23(15)33)19-3-1-2-17(27)20(19)29/h1-10H,11H2,(H,30,32,35)/b15-8+. The Morgan fingerprint density at radius 3 is 2.40 bits per heavy atom. The number of hydrogen-bond donors (Lipinski definition) is 1. The molecule has 0 aliphatic carbocycles. The number of carbonyl (C=O) groups excluding carboxylic acids is 2. The minimum atomic E-state index is -0.647. The summed E-state index contributed by atoms with van der Waals surface area (Å²) >= 11 is 30.9. The number of nitrogens with one attached hydrogen (secondary N) is 1. The first-order valence-electron chi connectivity index (χ1n) is 9.87. The molecule has 1 saturated heterocycles. The lowest BCUT2D eigenvalue weighted by molar-refractivity contribution is -0.122. The number of amides is 2. The van der Waals surface area contributed by atoms with E-state index >= 15 is 0 Å². The molecule has 0 aromatic heterocycles. The van der Waals surface area contributed by atoms with Crippen LogP contribution in [0.5, 0.6) is 5.75 Å². The van der Waals surface area contributed by atoms with E-state index < -0.39 is 11.8 Å². The molecule has 0 radical (unpaired) electrons. The highest BCUT2D eigenvalue weighted by Crippen LogP contribution is 2.37. The van der Waals surface area contributed by atoms with Crippen LogP contribution < -0.4 is 15.0 Å². The van der Waals surface area contributed by atoms with E-state index in [0.29, 0.717) is 27.4 Å². The Balaban J connectivity index is 1.63. The summed E-state index contributed by atoms with van der Waals surface area (Å²) in [6.07, 6.45) is 1.42. The maximum atomic E-state index is 13.3. The van der Waals surface area contributed by atoms with Crippen molar-refractivity contribution in [3.8, 4) is 5.75 Å². The molecule has 1 aliphatic heterocycles. The van der Waals surface area contributed by atoms with Gasteiger partial charge in [0.2, 0.25) is 0 Å². The minimum Gasteiger partial charge on any atom is -0.486 e. The molecule has 5 nitrogen and oxygen atoms in total. The summed E-state index contributed by atoms with van der Waals surface area (Å²) in [6, 6.07) is 15.8. The van der Waals surface area contributed by atoms with Gasteiger partial charge in [-0.3, -0.25) is 19.8 Å². The van der Waals surface area contributed by atoms with E-state index in [1.165, 1.54) is 6.08 Å². The fraction of sp³-hybridized carbons (Fsp3) is 0.0417. The fourth-order valence-electron chi connectivity index (χ4n) is 3.24. The molecule has 0 atom stereocenters. The Kier molecular flexibility index (Phi) is 8.20. The van der Waals surface area contributed by atoms with Gasteiger partial charge in [-0.15, -0.1) is 0 Å². The SMILES string of the molecule is O=C1NC(=S)N(c2cccc(Cl)c2Cl)C(=O)/C1=C/c1cc(Cl)c(OCc2ccc(Br)cc2)c(Br)c1. The highest BCUT2D eigenvalue weighted by atomic mass is 79.9. The minimum absolute atomic E-state index is 0.0998. The normalized spacial score (nSPS) is 14.9. The first-order valence-corrected chi connectivity index (χ1v) is 13.0. The van der Waals surface area contributed by atoms with Crippen LogP contribution in [0, 0.1) is 0 Å². The van der Waals surface area contributed by atoms with Crippen LogP contribution in [0.2, 0.25) is 15.1 Å². The largest absolute Gasteiger partial charge is 0.486 e. The molecule has 0 spiro atoms. The lowest BCUT2D eigenvalue weighted by Crippen LogP contribution is -2.54. The van der Waals surface area contributed by atoms with Crippen LogP contribution >= 0.6 is 78.9 Å². The summed E-state index contributed by atoms with van der Waals surface area (Å²) in [5.74, 6) is -0.854. The predicted octanol–water partition coefficient (Wildman–Crippen LogP) is 7.58. The highest BCUT2D eigenvalue weighted by molar-refractivity contribution is 9.10. The van der Waals surface area contributed by atoms with E-state index in [1.54, 1.807) is 30.3 Å². The number of benzene rings is 3. The van der Waals surface area contributed by atoms with Gasteiger partial charge in [-0.05, 0) is 81.7 Å². The van der Waals surface area contributed by atoms with Gasteiger partial charge in [-0.1, -0.05) is 68.9 Å². The molecule has 0 saturated carbocycles. The lowest BCUT2D eigenvalue weighted by atomic mass is 10.1. The maximum absolute atomic E-state index is 13.3. The van der Waals surface area contributed by atoms with Crippen molar-refractivity contribution in [1.29, 1.82) is 0 Å². The van der Waals surface area contributed by atoms with Gasteiger partial charge in [-0.25, -0.2) is 0 Å². The first-order chi connectivity index (χ1) is 16.7. The number of thiocarbonyl (C=S) groups is 1. The molecule has 1 fully saturated rings. The van der Waals surface area contributed by atoms with Gasteiger partial charge >= 0.3 is 0 Å². The number of ether oxygens (including phenoxy) is 1. The van der Waals surface area contributed by atoms with Crippen molar-refractivity contribution in [3.05, 3.63) is 95.3 Å². The summed E-state index contributed by atoms with van der Waals surface area (Å²) in [6.45, 7) is 0.305. The topological polar surface area (TPSA) is 58.6 Å². The molecule has 2 amide bonds. The van der Waals surface area contributed by atoms with E-state index in [2.05, 4.69) is 37.2 Å². The van der Waals surface area contributed by atoms with Crippen molar-refractivity contribution >= 4 is 108 Å². The van der Waals surface area contributed by atoms with Crippen molar-refractivity contribution in [3.63, 3.8) is 0 Å². The van der Waals surface area contributed by atoms with Gasteiger partial charge in [-0.2, -0.15) is 0 Å². The smallest absolute Gasteiger partial charge is 0.270 e. The third-order valence-corrected chi connectivity index (χ3v) is 7.39. The zero-order valence-corrected chi connectivity index (χ0v) is 23.7. The van der Waals surface area contributed by atoms with Crippen LogP contribution in [0.4, 0.5) is 5.69 Å². The van der Waals surface area contributed by atoms with Gasteiger partial charge in [0.15, 0.2) is 10.9 Å². The second-order valence-corrected chi connectivity index (χ2v) is 10.6. The molecule has 4 rings (SSSR count). The summed E-state index contributed by atoms with van der Waals surface area (Å²) in [4.78, 5) is 27.0. The lowest BCUT2D eigenvalue weighted by Gasteiger charge is -2.29. The molecule has 0 bridgehead atoms. The number of anilines is 1. The van der Waals surface area contributed by atoms with E-state index in [0.717, 1.165) is 14.9 Å². The summed E-state index contributed by atoms with van der Waals surface area (Å²) in [5, 5.41) is 3.10. The Labute approximate surface area is 238 Å². The highest BCUT2D eigenvalue weighted by Gasteiger charge is 2.35. The van der Waals surface area contributed by atoms with Gasteiger partial charge in [0.1, 0.15) is 12.2 Å². The summed E-state index contributed by atoms with van der Waals surface area (Å²) in [5.41, 5.74) is 1.57. The molecule has 35 heavy (non-hydrogen) atoms. The monoisotopic (exact) mass is 672 g/mol. The maximum Gasteiger partial charge on any atom is 0.270 e. The van der Waals surface area contributed by atoms with Crippen molar-refractivity contribution in [2.75, 3.05) is 4.90 Å². The summed E-state index contributed by atoms with van der Waals surface area (Å²) in [7, 11) is 0. The van der Waals surface area contributed by atoms with E-state index in [9.17, 15) is 9.59 Å². The Morgan fingerprint density at radius 1 is 1.00 bits per heavy atom. The van der Waals surface area contributed by atoms with E-state index in [-0.39, 0.29) is 26.4 Å². The molecule has 3 aromatic carbocycles. The second kappa shape index (κ2) is 11.0. The van der Waals surface area contributed by atoms with Gasteiger partial charge in [0, 0.05) is 4.47 Å². The quantitative estimate of drug-likeness (QED) is 0.172. The van der Waals surface area contributed by atoms with Crippen LogP contribution in [-0.4, -0.2) is 16.9 Å².